The van der Waals surface area contributed by atoms with Gasteiger partial charge in [0.25, 0.3) is 10.1 Å². The van der Waals surface area contributed by atoms with Crippen LogP contribution >= 0.6 is 0 Å². The van der Waals surface area contributed by atoms with Crippen molar-refractivity contribution in [2.45, 2.75) is 19.3 Å². The van der Waals surface area contributed by atoms with Gasteiger partial charge in [0.1, 0.15) is 12.7 Å². The zero-order valence-electron chi connectivity index (χ0n) is 13.1. The number of anilines is 1. The predicted octanol–water partition coefficient (Wildman–Crippen LogP) is 0.615. The maximum absolute atomic E-state index is 11.9. The lowest BCUT2D eigenvalue weighted by atomic mass is 10.2. The zero-order valence-corrected chi connectivity index (χ0v) is 13.9. The average Bonchev–Trinajstić information content (AvgIpc) is 3.11. The van der Waals surface area contributed by atoms with Crippen LogP contribution in [0.25, 0.3) is 0 Å². The summed E-state index contributed by atoms with van der Waals surface area (Å²) >= 11 is 0. The molecule has 0 aliphatic carbocycles. The Morgan fingerprint density at radius 2 is 2.08 bits per heavy atom. The molecule has 1 aromatic carbocycles. The smallest absolute Gasteiger partial charge is 0.414 e. The number of ether oxygens (including phenoxy) is 1. The summed E-state index contributed by atoms with van der Waals surface area (Å²) in [4.78, 5) is 22.8. The van der Waals surface area contributed by atoms with E-state index >= 15 is 0 Å². The molecule has 24 heavy (non-hydrogen) atoms. The van der Waals surface area contributed by atoms with Gasteiger partial charge in [0.05, 0.1) is 12.8 Å². The van der Waals surface area contributed by atoms with Gasteiger partial charge in [-0.1, -0.05) is 0 Å². The van der Waals surface area contributed by atoms with E-state index in [0.717, 1.165) is 11.8 Å². The number of rotatable bonds is 5. The topological polar surface area (TPSA) is 107 Å². The van der Waals surface area contributed by atoms with Crippen LogP contribution in [0.2, 0.25) is 0 Å². The maximum atomic E-state index is 11.9. The molecule has 2 aliphatic rings. The first-order valence-corrected chi connectivity index (χ1v) is 9.06. The Morgan fingerprint density at radius 3 is 2.67 bits per heavy atom. The number of hydrogen-bond donors (Lipinski definition) is 1. The molecule has 0 spiro atoms. The van der Waals surface area contributed by atoms with Crippen molar-refractivity contribution in [2.24, 2.45) is 4.99 Å². The minimum absolute atomic E-state index is 0.199. The van der Waals surface area contributed by atoms with Crippen LogP contribution in [0.3, 0.4) is 0 Å². The minimum Gasteiger partial charge on any atom is -0.441 e. The number of nitrogens with one attached hydrogen (secondary N) is 1. The molecule has 1 aromatic rings. The van der Waals surface area contributed by atoms with Crippen LogP contribution in [0.15, 0.2) is 29.3 Å². The van der Waals surface area contributed by atoms with Gasteiger partial charge in [0, 0.05) is 11.3 Å². The summed E-state index contributed by atoms with van der Waals surface area (Å²) in [7, 11) is -3.57. The highest BCUT2D eigenvalue weighted by Gasteiger charge is 2.33. The van der Waals surface area contributed by atoms with E-state index in [1.54, 1.807) is 24.3 Å². The monoisotopic (exact) mass is 355 g/mol. The number of aliphatic imine (C=N–C) groups is 1. The molecule has 1 saturated heterocycles. The van der Waals surface area contributed by atoms with E-state index in [1.165, 1.54) is 4.90 Å². The lowest BCUT2D eigenvalue weighted by Gasteiger charge is -2.13. The SMILES string of the molecule is CC1N=C(c2ccc(N3CC(COS(C)(=O)=O)OC3=O)cc2)NO1. The van der Waals surface area contributed by atoms with Crippen molar-refractivity contribution < 1.29 is 27.0 Å². The molecule has 1 amide bonds. The van der Waals surface area contributed by atoms with Crippen LogP contribution in [-0.2, 0) is 23.9 Å². The summed E-state index contributed by atoms with van der Waals surface area (Å²) in [6.07, 6.45) is -0.478. The molecular weight excluding hydrogens is 338 g/mol. The molecule has 10 heteroatoms. The van der Waals surface area contributed by atoms with Gasteiger partial charge >= 0.3 is 6.09 Å². The number of hydrogen-bond acceptors (Lipinski definition) is 8. The number of cyclic esters (lactones) is 1. The van der Waals surface area contributed by atoms with Crippen LogP contribution in [0.1, 0.15) is 12.5 Å². The Kier molecular flexibility index (Phi) is 4.43. The molecule has 0 aromatic heterocycles. The maximum Gasteiger partial charge on any atom is 0.414 e. The van der Waals surface area contributed by atoms with E-state index in [2.05, 4.69) is 14.7 Å². The molecule has 0 radical (unpaired) electrons. The van der Waals surface area contributed by atoms with E-state index < -0.39 is 22.3 Å². The predicted molar refractivity (Wildman–Crippen MR) is 85.1 cm³/mol. The number of benzene rings is 1. The van der Waals surface area contributed by atoms with E-state index in [-0.39, 0.29) is 19.4 Å². The number of carbonyl (C=O) groups is 1. The van der Waals surface area contributed by atoms with Gasteiger partial charge in [0.2, 0.25) is 0 Å². The molecule has 0 bridgehead atoms. The van der Waals surface area contributed by atoms with E-state index in [9.17, 15) is 13.2 Å². The molecule has 2 unspecified atom stereocenters. The van der Waals surface area contributed by atoms with Gasteiger partial charge in [-0.2, -0.15) is 8.42 Å². The fourth-order valence-electron chi connectivity index (χ4n) is 2.33. The van der Waals surface area contributed by atoms with Crippen molar-refractivity contribution in [3.8, 4) is 0 Å². The van der Waals surface area contributed by atoms with E-state index in [0.29, 0.717) is 11.5 Å². The summed E-state index contributed by atoms with van der Waals surface area (Å²) in [5.74, 6) is 0.623. The van der Waals surface area contributed by atoms with Crippen LogP contribution in [0.4, 0.5) is 10.5 Å². The molecule has 2 heterocycles. The summed E-state index contributed by atoms with van der Waals surface area (Å²) in [5, 5.41) is 0. The zero-order chi connectivity index (χ0) is 17.3. The fraction of sp³-hybridized carbons (Fsp3) is 0.429. The normalized spacial score (nSPS) is 23.8. The van der Waals surface area contributed by atoms with Gasteiger partial charge in [-0.05, 0) is 31.2 Å². The second-order valence-corrected chi connectivity index (χ2v) is 7.09. The average molecular weight is 355 g/mol. The molecule has 2 aliphatic heterocycles. The Morgan fingerprint density at radius 1 is 1.38 bits per heavy atom. The fourth-order valence-corrected chi connectivity index (χ4v) is 2.73. The first-order chi connectivity index (χ1) is 11.3. The van der Waals surface area contributed by atoms with Crippen molar-refractivity contribution >= 4 is 27.7 Å². The largest absolute Gasteiger partial charge is 0.441 e. The second-order valence-electron chi connectivity index (χ2n) is 5.45. The van der Waals surface area contributed by atoms with Crippen LogP contribution < -0.4 is 10.4 Å². The quantitative estimate of drug-likeness (QED) is 0.772. The van der Waals surface area contributed by atoms with Crippen molar-refractivity contribution in [1.82, 2.24) is 5.48 Å². The van der Waals surface area contributed by atoms with Gasteiger partial charge in [-0.25, -0.2) is 20.1 Å². The number of amidine groups is 1. The molecular formula is C14H17N3O6S. The summed E-state index contributed by atoms with van der Waals surface area (Å²) in [6.45, 7) is 1.83. The van der Waals surface area contributed by atoms with Crippen molar-refractivity contribution in [3.05, 3.63) is 29.8 Å². The van der Waals surface area contributed by atoms with Gasteiger partial charge in [-0.3, -0.25) is 9.08 Å². The summed E-state index contributed by atoms with van der Waals surface area (Å²) in [5.41, 5.74) is 4.19. The highest BCUT2D eigenvalue weighted by Crippen LogP contribution is 2.23. The third-order valence-electron chi connectivity index (χ3n) is 3.43. The van der Waals surface area contributed by atoms with E-state index in [4.69, 9.17) is 9.57 Å². The van der Waals surface area contributed by atoms with Gasteiger partial charge < -0.3 is 4.74 Å². The van der Waals surface area contributed by atoms with Gasteiger partial charge in [-0.15, -0.1) is 0 Å². The first-order valence-electron chi connectivity index (χ1n) is 7.24. The second kappa shape index (κ2) is 6.38. The Labute approximate surface area is 139 Å². The standard InChI is InChI=1S/C14H17N3O6S/c1-9-15-13(16-23-9)10-3-5-11(6-4-10)17-7-12(22-14(17)18)8-21-24(2,19)20/h3-6,9,12H,7-8H2,1-2H3,(H,15,16). The van der Waals surface area contributed by atoms with E-state index in [1.807, 2.05) is 6.92 Å². The lowest BCUT2D eigenvalue weighted by molar-refractivity contribution is 0.0504. The summed E-state index contributed by atoms with van der Waals surface area (Å²) < 4.78 is 31.8. The molecule has 3 rings (SSSR count). The first kappa shape index (κ1) is 16.7. The molecule has 1 N–H and O–H groups in total. The summed E-state index contributed by atoms with van der Waals surface area (Å²) in [6, 6.07) is 7.11. The minimum atomic E-state index is -3.57. The van der Waals surface area contributed by atoms with Crippen LogP contribution in [0.5, 0.6) is 0 Å². The highest BCUT2D eigenvalue weighted by molar-refractivity contribution is 7.85. The molecule has 0 saturated carbocycles. The number of carbonyl (C=O) groups excluding carboxylic acids is 1. The Balaban J connectivity index is 1.66. The van der Waals surface area contributed by atoms with Crippen LogP contribution in [0, 0.1) is 0 Å². The molecule has 130 valence electrons. The van der Waals surface area contributed by atoms with Crippen molar-refractivity contribution in [1.29, 1.82) is 0 Å². The Hall–Kier alpha value is -2.17. The third kappa shape index (κ3) is 3.83. The van der Waals surface area contributed by atoms with Crippen molar-refractivity contribution in [3.63, 3.8) is 0 Å². The molecule has 2 atom stereocenters. The number of amides is 1. The number of nitrogens with zero attached hydrogens (tertiary/aromatic N) is 2. The van der Waals surface area contributed by atoms with Crippen LogP contribution in [-0.4, -0.2) is 52.1 Å². The van der Waals surface area contributed by atoms with Crippen molar-refractivity contribution in [2.75, 3.05) is 24.3 Å². The lowest BCUT2D eigenvalue weighted by Crippen LogP contribution is -2.26. The third-order valence-corrected chi connectivity index (χ3v) is 4.00. The Bertz CT molecular complexity index is 761. The highest BCUT2D eigenvalue weighted by atomic mass is 32.2. The number of hydroxylamine groups is 1. The van der Waals surface area contributed by atoms with Gasteiger partial charge in [0.15, 0.2) is 12.1 Å². The molecule has 1 fully saturated rings. The molecule has 9 nitrogen and oxygen atoms in total.